The van der Waals surface area contributed by atoms with Crippen LogP contribution in [0.5, 0.6) is 28.7 Å². The van der Waals surface area contributed by atoms with E-state index in [0.717, 1.165) is 48.7 Å². The minimum absolute atomic E-state index is 0.145. The van der Waals surface area contributed by atoms with Crippen LogP contribution in [0.15, 0.2) is 66.7 Å². The zero-order valence-corrected chi connectivity index (χ0v) is 26.6. The molecule has 8 rings (SSSR count). The molecule has 4 atom stereocenters. The summed E-state index contributed by atoms with van der Waals surface area (Å²) in [6.45, 7) is 2.53. The van der Waals surface area contributed by atoms with E-state index in [2.05, 4.69) is 36.5 Å². The third-order valence-corrected chi connectivity index (χ3v) is 10.4. The van der Waals surface area contributed by atoms with Crippen molar-refractivity contribution in [1.82, 2.24) is 4.98 Å². The fourth-order valence-corrected chi connectivity index (χ4v) is 8.11. The van der Waals surface area contributed by atoms with E-state index < -0.39 is 5.92 Å². The molecule has 4 aromatic carbocycles. The lowest BCUT2D eigenvalue weighted by molar-refractivity contribution is -0.141. The van der Waals surface area contributed by atoms with Crippen LogP contribution in [0.25, 0.3) is 20.8 Å². The van der Waals surface area contributed by atoms with E-state index in [1.165, 1.54) is 0 Å². The molecule has 0 unspecified atom stereocenters. The van der Waals surface area contributed by atoms with Crippen LogP contribution in [-0.4, -0.2) is 45.7 Å². The van der Waals surface area contributed by atoms with E-state index in [1.54, 1.807) is 32.7 Å². The number of hydrogen-bond acceptors (Lipinski definition) is 10. The quantitative estimate of drug-likeness (QED) is 0.187. The Morgan fingerprint density at radius 2 is 1.61 bits per heavy atom. The number of thiazole rings is 1. The van der Waals surface area contributed by atoms with Gasteiger partial charge in [-0.3, -0.25) is 4.79 Å². The number of cyclic esters (lactones) is 1. The van der Waals surface area contributed by atoms with Gasteiger partial charge in [0.25, 0.3) is 0 Å². The number of esters is 1. The molecule has 1 aromatic heterocycles. The van der Waals surface area contributed by atoms with Crippen molar-refractivity contribution >= 4 is 33.2 Å². The monoisotopic (exact) mass is 636 g/mol. The number of methoxy groups -OCH3 is 3. The zero-order chi connectivity index (χ0) is 31.5. The van der Waals surface area contributed by atoms with Crippen molar-refractivity contribution in [2.24, 2.45) is 11.8 Å². The molecule has 3 aliphatic rings. The molecular formula is C36H32N2O7S. The minimum Gasteiger partial charge on any atom is -0.493 e. The van der Waals surface area contributed by atoms with Gasteiger partial charge in [0.2, 0.25) is 12.5 Å². The van der Waals surface area contributed by atoms with Crippen LogP contribution in [-0.2, 0) is 9.53 Å². The summed E-state index contributed by atoms with van der Waals surface area (Å²) in [6, 6.07) is 22.2. The van der Waals surface area contributed by atoms with Crippen molar-refractivity contribution in [2.45, 2.75) is 18.9 Å². The molecule has 46 heavy (non-hydrogen) atoms. The molecular weight excluding hydrogens is 604 g/mol. The first kappa shape index (κ1) is 28.5. The van der Waals surface area contributed by atoms with Crippen LogP contribution in [0, 0.1) is 18.8 Å². The molecule has 1 aliphatic carbocycles. The Kier molecular flexibility index (Phi) is 6.90. The highest BCUT2D eigenvalue weighted by Gasteiger charge is 2.53. The maximum absolute atomic E-state index is 13.6. The molecule has 5 aromatic rings. The molecule has 0 radical (unpaired) electrons. The normalized spacial score (nSPS) is 21.0. The summed E-state index contributed by atoms with van der Waals surface area (Å²) in [5, 5.41) is 4.80. The van der Waals surface area contributed by atoms with Gasteiger partial charge >= 0.3 is 5.97 Å². The standard InChI is InChI=1S/C36H32N2O7S/c1-18-11-19(35-38-25-7-5-6-8-30(25)46-35)9-10-24(18)37-33-22-15-27-26(44-17-45-27)14-21(22)31(32-23(33)16-43-36(32)39)20-12-28(40-2)34(42-4)29(13-20)41-3/h5-15,23,31-33,37H,16-17H2,1-4H3/t23-,31+,32-,33+/m0/s1. The van der Waals surface area contributed by atoms with Crippen molar-refractivity contribution in [3.05, 3.63) is 89.0 Å². The average molecular weight is 637 g/mol. The average Bonchev–Trinajstić information content (AvgIpc) is 3.82. The maximum Gasteiger partial charge on any atom is 0.310 e. The number of aryl methyl sites for hydroxylation is 1. The number of carbonyl (C=O) groups excluding carboxylic acids is 1. The number of nitrogens with one attached hydrogen (secondary N) is 1. The molecule has 2 aliphatic heterocycles. The summed E-state index contributed by atoms with van der Waals surface area (Å²) >= 11 is 1.68. The molecule has 0 saturated carbocycles. The smallest absolute Gasteiger partial charge is 0.310 e. The maximum atomic E-state index is 13.6. The number of anilines is 1. The van der Waals surface area contributed by atoms with E-state index >= 15 is 0 Å². The molecule has 9 nitrogen and oxygen atoms in total. The van der Waals surface area contributed by atoms with Gasteiger partial charge in [0, 0.05) is 23.1 Å². The Hall–Kier alpha value is -4.96. The van der Waals surface area contributed by atoms with Gasteiger partial charge in [-0.2, -0.15) is 0 Å². The van der Waals surface area contributed by atoms with E-state index in [4.69, 9.17) is 33.4 Å². The Balaban J connectivity index is 1.23. The molecule has 3 heterocycles. The van der Waals surface area contributed by atoms with Crippen LogP contribution in [0.4, 0.5) is 5.69 Å². The number of aromatic nitrogens is 1. The molecule has 0 amide bonds. The highest BCUT2D eigenvalue weighted by atomic mass is 32.1. The molecule has 234 valence electrons. The van der Waals surface area contributed by atoms with Crippen LogP contribution in [0.2, 0.25) is 0 Å². The Labute approximate surface area is 270 Å². The highest BCUT2D eigenvalue weighted by Crippen LogP contribution is 2.56. The Bertz CT molecular complexity index is 1950. The van der Waals surface area contributed by atoms with Crippen molar-refractivity contribution in [3.63, 3.8) is 0 Å². The number of hydrogen-bond donors (Lipinski definition) is 1. The molecule has 1 saturated heterocycles. The highest BCUT2D eigenvalue weighted by molar-refractivity contribution is 7.21. The number of ether oxygens (including phenoxy) is 6. The lowest BCUT2D eigenvalue weighted by atomic mass is 9.65. The molecule has 1 fully saturated rings. The predicted octanol–water partition coefficient (Wildman–Crippen LogP) is 7.11. The van der Waals surface area contributed by atoms with Gasteiger partial charge in [-0.1, -0.05) is 12.1 Å². The van der Waals surface area contributed by atoms with Crippen LogP contribution in [0.1, 0.15) is 34.2 Å². The summed E-state index contributed by atoms with van der Waals surface area (Å²) in [5.41, 5.74) is 6.96. The SMILES string of the molecule is COc1cc([C@@H]2c3cc4c(cc3[C@@H](Nc3ccc(-c5nc6ccccc6s5)cc3C)[C@H]3COC(=O)[C@H]23)OCO4)cc(OC)c1OC. The summed E-state index contributed by atoms with van der Waals surface area (Å²) < 4.78 is 35.6. The van der Waals surface area contributed by atoms with Crippen LogP contribution < -0.4 is 29.0 Å². The van der Waals surface area contributed by atoms with Crippen molar-refractivity contribution in [1.29, 1.82) is 0 Å². The number of para-hydroxylation sites is 1. The van der Waals surface area contributed by atoms with Gasteiger partial charge in [-0.05, 0) is 83.8 Å². The van der Waals surface area contributed by atoms with Crippen LogP contribution in [0.3, 0.4) is 0 Å². The number of rotatable bonds is 7. The summed E-state index contributed by atoms with van der Waals surface area (Å²) in [7, 11) is 4.75. The third kappa shape index (κ3) is 4.50. The predicted molar refractivity (Wildman–Crippen MR) is 175 cm³/mol. The third-order valence-electron chi connectivity index (χ3n) is 9.31. The van der Waals surface area contributed by atoms with E-state index in [0.29, 0.717) is 35.4 Å². The minimum atomic E-state index is -0.462. The summed E-state index contributed by atoms with van der Waals surface area (Å²) in [4.78, 5) is 18.5. The molecule has 1 N–H and O–H groups in total. The van der Waals surface area contributed by atoms with Crippen molar-refractivity contribution in [2.75, 3.05) is 40.0 Å². The topological polar surface area (TPSA) is 97.4 Å². The first-order chi connectivity index (χ1) is 22.5. The Morgan fingerprint density at radius 3 is 2.30 bits per heavy atom. The fourth-order valence-electron chi connectivity index (χ4n) is 7.15. The number of nitrogens with zero attached hydrogens (tertiary/aromatic N) is 1. The second-order valence-electron chi connectivity index (χ2n) is 11.7. The molecule has 10 heteroatoms. The molecule has 0 bridgehead atoms. The summed E-state index contributed by atoms with van der Waals surface area (Å²) in [6.07, 6.45) is 0. The van der Waals surface area contributed by atoms with Gasteiger partial charge in [0.05, 0.1) is 50.1 Å². The largest absolute Gasteiger partial charge is 0.493 e. The first-order valence-electron chi connectivity index (χ1n) is 15.1. The number of fused-ring (bicyclic) bond motifs is 4. The van der Waals surface area contributed by atoms with Gasteiger partial charge in [0.15, 0.2) is 23.0 Å². The second kappa shape index (κ2) is 11.1. The molecule has 0 spiro atoms. The lowest BCUT2D eigenvalue weighted by Crippen LogP contribution is -2.37. The number of carbonyl (C=O) groups is 1. The number of benzene rings is 4. The van der Waals surface area contributed by atoms with Crippen molar-refractivity contribution < 1.29 is 33.2 Å². The van der Waals surface area contributed by atoms with Gasteiger partial charge in [-0.15, -0.1) is 11.3 Å². The van der Waals surface area contributed by atoms with E-state index in [-0.39, 0.29) is 30.6 Å². The first-order valence-corrected chi connectivity index (χ1v) is 15.9. The second-order valence-corrected chi connectivity index (χ2v) is 12.8. The Morgan fingerprint density at radius 1 is 0.870 bits per heavy atom. The lowest BCUT2D eigenvalue weighted by Gasteiger charge is -2.40. The van der Waals surface area contributed by atoms with Gasteiger partial charge in [-0.25, -0.2) is 4.98 Å². The summed E-state index contributed by atoms with van der Waals surface area (Å²) in [5.74, 6) is 1.66. The van der Waals surface area contributed by atoms with Gasteiger partial charge in [0.1, 0.15) is 5.01 Å². The van der Waals surface area contributed by atoms with Crippen molar-refractivity contribution in [3.8, 4) is 39.3 Å². The van der Waals surface area contributed by atoms with Gasteiger partial charge < -0.3 is 33.7 Å². The van der Waals surface area contributed by atoms with Crippen LogP contribution >= 0.6 is 11.3 Å². The fraction of sp³-hybridized carbons (Fsp3) is 0.278. The zero-order valence-electron chi connectivity index (χ0n) is 25.8. The van der Waals surface area contributed by atoms with E-state index in [1.807, 2.05) is 42.5 Å². The van der Waals surface area contributed by atoms with E-state index in [9.17, 15) is 4.79 Å².